The number of aromatic carboxylic acids is 1. The number of nitrogens with one attached hydrogen (secondary N) is 1. The van der Waals surface area contributed by atoms with Crippen LogP contribution in [0, 0.1) is 12.3 Å². The Morgan fingerprint density at radius 1 is 1.25 bits per heavy atom. The highest BCUT2D eigenvalue weighted by Crippen LogP contribution is 2.34. The maximum absolute atomic E-state index is 13.0. The van der Waals surface area contributed by atoms with Gasteiger partial charge in [0.1, 0.15) is 17.0 Å². The number of aromatic nitrogens is 1. The summed E-state index contributed by atoms with van der Waals surface area (Å²) in [6.07, 6.45) is 3.61. The van der Waals surface area contributed by atoms with Crippen LogP contribution in [0.1, 0.15) is 61.1 Å². The smallest absolute Gasteiger partial charge is 0.339 e. The Hall–Kier alpha value is -3.35. The molecule has 1 aromatic carbocycles. The number of benzene rings is 1. The molecule has 1 aliphatic rings. The quantitative estimate of drug-likeness (QED) is 0.582. The molecule has 32 heavy (non-hydrogen) atoms. The number of rotatable bonds is 5. The Kier molecular flexibility index (Phi) is 5.67. The van der Waals surface area contributed by atoms with Crippen LogP contribution in [0.4, 0.5) is 11.7 Å². The molecule has 2 N–H and O–H groups in total. The van der Waals surface area contributed by atoms with Crippen molar-refractivity contribution in [1.29, 1.82) is 0 Å². The second kappa shape index (κ2) is 8.30. The topological polar surface area (TPSA) is 95.7 Å². The van der Waals surface area contributed by atoms with Crippen molar-refractivity contribution >= 4 is 28.6 Å². The van der Waals surface area contributed by atoms with E-state index in [4.69, 9.17) is 4.42 Å². The van der Waals surface area contributed by atoms with E-state index in [1.807, 2.05) is 26.0 Å². The van der Waals surface area contributed by atoms with E-state index in [0.717, 1.165) is 37.1 Å². The second-order valence-corrected chi connectivity index (χ2v) is 9.40. The van der Waals surface area contributed by atoms with Crippen LogP contribution >= 0.6 is 0 Å². The Labute approximate surface area is 187 Å². The number of hydrogen-bond acceptors (Lipinski definition) is 6. The molecule has 0 amide bonds. The number of nitrogens with zero attached hydrogens (tertiary/aromatic N) is 2. The summed E-state index contributed by atoms with van der Waals surface area (Å²) in [4.78, 5) is 30.9. The summed E-state index contributed by atoms with van der Waals surface area (Å²) in [5.41, 5.74) is 2.55. The van der Waals surface area contributed by atoms with Crippen LogP contribution in [0.3, 0.4) is 0 Å². The number of fused-ring (bicyclic) bond motifs is 1. The first-order valence-corrected chi connectivity index (χ1v) is 10.9. The molecule has 168 valence electrons. The van der Waals surface area contributed by atoms with Gasteiger partial charge < -0.3 is 19.7 Å². The third kappa shape index (κ3) is 4.33. The van der Waals surface area contributed by atoms with Gasteiger partial charge in [-0.3, -0.25) is 4.79 Å². The highest BCUT2D eigenvalue weighted by atomic mass is 16.4. The van der Waals surface area contributed by atoms with E-state index in [9.17, 15) is 14.7 Å². The van der Waals surface area contributed by atoms with Gasteiger partial charge in [-0.05, 0) is 55.9 Å². The summed E-state index contributed by atoms with van der Waals surface area (Å²) in [7, 11) is 0. The van der Waals surface area contributed by atoms with Crippen molar-refractivity contribution in [2.24, 2.45) is 5.41 Å². The summed E-state index contributed by atoms with van der Waals surface area (Å²) in [6.45, 7) is 10.0. The monoisotopic (exact) mass is 435 g/mol. The molecule has 2 aromatic heterocycles. The van der Waals surface area contributed by atoms with Gasteiger partial charge >= 0.3 is 5.97 Å². The molecule has 1 aliphatic heterocycles. The van der Waals surface area contributed by atoms with Crippen molar-refractivity contribution in [2.75, 3.05) is 23.3 Å². The number of carboxylic acids is 1. The summed E-state index contributed by atoms with van der Waals surface area (Å²) in [5.74, 6) is -0.193. The van der Waals surface area contributed by atoms with Crippen LogP contribution in [0.2, 0.25) is 0 Å². The van der Waals surface area contributed by atoms with Crippen LogP contribution in [0.25, 0.3) is 11.0 Å². The maximum Gasteiger partial charge on any atom is 0.339 e. The summed E-state index contributed by atoms with van der Waals surface area (Å²) in [6, 6.07) is 8.16. The molecule has 1 unspecified atom stereocenters. The molecule has 1 fully saturated rings. The van der Waals surface area contributed by atoms with E-state index in [0.29, 0.717) is 22.3 Å². The summed E-state index contributed by atoms with van der Waals surface area (Å²) < 4.78 is 6.32. The SMILES string of the molecule is Cc1cc(C(C)Nc2ncccc2C(=O)O)c2oc(N3CCC(C)(C)CC3)cc(=O)c2c1. The number of carbonyl (C=O) groups is 1. The zero-order valence-electron chi connectivity index (χ0n) is 18.9. The van der Waals surface area contributed by atoms with Crippen LogP contribution in [-0.4, -0.2) is 29.1 Å². The maximum atomic E-state index is 13.0. The van der Waals surface area contributed by atoms with E-state index < -0.39 is 5.97 Å². The normalized spacial score (nSPS) is 16.7. The number of aryl methyl sites for hydroxylation is 1. The number of pyridine rings is 1. The molecule has 3 heterocycles. The Bertz CT molecular complexity index is 1220. The fourth-order valence-corrected chi connectivity index (χ4v) is 4.21. The third-order valence-electron chi connectivity index (χ3n) is 6.28. The van der Waals surface area contributed by atoms with Gasteiger partial charge in [0.25, 0.3) is 0 Å². The van der Waals surface area contributed by atoms with Gasteiger partial charge in [-0.15, -0.1) is 0 Å². The molecule has 7 heteroatoms. The average molecular weight is 436 g/mol. The molecule has 0 bridgehead atoms. The lowest BCUT2D eigenvalue weighted by molar-refractivity contribution is 0.0697. The zero-order chi connectivity index (χ0) is 23.0. The Morgan fingerprint density at radius 3 is 2.66 bits per heavy atom. The number of anilines is 2. The Morgan fingerprint density at radius 2 is 1.97 bits per heavy atom. The van der Waals surface area contributed by atoms with E-state index >= 15 is 0 Å². The van der Waals surface area contributed by atoms with Gasteiger partial charge in [0, 0.05) is 30.9 Å². The minimum absolute atomic E-state index is 0.0766. The van der Waals surface area contributed by atoms with Gasteiger partial charge in [-0.25, -0.2) is 9.78 Å². The molecule has 0 aliphatic carbocycles. The molecular weight excluding hydrogens is 406 g/mol. The predicted octanol–water partition coefficient (Wildman–Crippen LogP) is 4.99. The third-order valence-corrected chi connectivity index (χ3v) is 6.28. The van der Waals surface area contributed by atoms with Crippen LogP contribution in [0.15, 0.2) is 45.7 Å². The first kappa shape index (κ1) is 21.9. The van der Waals surface area contributed by atoms with Crippen molar-refractivity contribution in [2.45, 2.75) is 46.6 Å². The largest absolute Gasteiger partial charge is 0.478 e. The fraction of sp³-hybridized carbons (Fsp3) is 0.400. The molecule has 1 atom stereocenters. The predicted molar refractivity (Wildman–Crippen MR) is 126 cm³/mol. The molecule has 0 radical (unpaired) electrons. The minimum Gasteiger partial charge on any atom is -0.478 e. The average Bonchev–Trinajstić information content (AvgIpc) is 2.74. The van der Waals surface area contributed by atoms with E-state index in [1.54, 1.807) is 18.3 Å². The van der Waals surface area contributed by atoms with Crippen molar-refractivity contribution in [1.82, 2.24) is 4.98 Å². The first-order chi connectivity index (χ1) is 15.1. The van der Waals surface area contributed by atoms with Crippen molar-refractivity contribution in [3.63, 3.8) is 0 Å². The van der Waals surface area contributed by atoms with Crippen molar-refractivity contribution in [3.05, 3.63) is 63.4 Å². The minimum atomic E-state index is -1.05. The van der Waals surface area contributed by atoms with E-state index in [1.165, 1.54) is 6.07 Å². The van der Waals surface area contributed by atoms with Gasteiger partial charge in [0.15, 0.2) is 11.3 Å². The van der Waals surface area contributed by atoms with Gasteiger partial charge in [0.2, 0.25) is 0 Å². The van der Waals surface area contributed by atoms with Crippen LogP contribution in [-0.2, 0) is 0 Å². The second-order valence-electron chi connectivity index (χ2n) is 9.40. The molecule has 3 aromatic rings. The molecule has 0 saturated carbocycles. The van der Waals surface area contributed by atoms with Crippen molar-refractivity contribution in [3.8, 4) is 0 Å². The lowest BCUT2D eigenvalue weighted by atomic mass is 9.83. The lowest BCUT2D eigenvalue weighted by Crippen LogP contribution is -2.37. The summed E-state index contributed by atoms with van der Waals surface area (Å²) >= 11 is 0. The number of carboxylic acid groups (broad SMARTS) is 1. The van der Waals surface area contributed by atoms with E-state index in [2.05, 4.69) is 29.0 Å². The van der Waals surface area contributed by atoms with Crippen LogP contribution in [0.5, 0.6) is 0 Å². The molecule has 0 spiro atoms. The highest BCUT2D eigenvalue weighted by Gasteiger charge is 2.27. The Balaban J connectivity index is 1.75. The molecule has 7 nitrogen and oxygen atoms in total. The fourth-order valence-electron chi connectivity index (χ4n) is 4.21. The number of hydrogen-bond donors (Lipinski definition) is 2. The lowest BCUT2D eigenvalue weighted by Gasteiger charge is -2.37. The van der Waals surface area contributed by atoms with Crippen molar-refractivity contribution < 1.29 is 14.3 Å². The first-order valence-electron chi connectivity index (χ1n) is 10.9. The molecule has 4 rings (SSSR count). The highest BCUT2D eigenvalue weighted by molar-refractivity contribution is 5.93. The van der Waals surface area contributed by atoms with E-state index in [-0.39, 0.29) is 22.9 Å². The van der Waals surface area contributed by atoms with Crippen LogP contribution < -0.4 is 15.6 Å². The zero-order valence-corrected chi connectivity index (χ0v) is 18.9. The summed E-state index contributed by atoms with van der Waals surface area (Å²) in [5, 5.41) is 13.2. The van der Waals surface area contributed by atoms with Gasteiger partial charge in [-0.2, -0.15) is 0 Å². The molecular formula is C25H29N3O4. The van der Waals surface area contributed by atoms with Gasteiger partial charge in [0.05, 0.1) is 11.4 Å². The number of piperidine rings is 1. The van der Waals surface area contributed by atoms with Gasteiger partial charge in [-0.1, -0.05) is 19.9 Å². The molecule has 1 saturated heterocycles. The standard InChI is InChI=1S/C25H29N3O4/c1-15-12-18(16(2)27-23-17(24(30)31)6-5-9-26-23)22-19(13-15)20(29)14-21(32-22)28-10-7-25(3,4)8-11-28/h5-6,9,12-14,16H,7-8,10-11H2,1-4H3,(H,26,27)(H,30,31).